The van der Waals surface area contributed by atoms with Crippen molar-refractivity contribution in [2.24, 2.45) is 0 Å². The van der Waals surface area contributed by atoms with E-state index >= 15 is 0 Å². The normalized spacial score (nSPS) is 26.8. The second-order valence-electron chi connectivity index (χ2n) is 5.22. The van der Waals surface area contributed by atoms with Gasteiger partial charge in [-0.1, -0.05) is 0 Å². The largest absolute Gasteiger partial charge is 0.401 e. The van der Waals surface area contributed by atoms with Crippen LogP contribution < -0.4 is 5.32 Å². The highest BCUT2D eigenvalue weighted by atomic mass is 35.5. The number of carbonyl (C=O) groups is 1. The lowest BCUT2D eigenvalue weighted by molar-refractivity contribution is -0.153. The van der Waals surface area contributed by atoms with E-state index in [2.05, 4.69) is 5.32 Å². The molecule has 0 aromatic heterocycles. The first kappa shape index (κ1) is 21.7. The monoisotopic (exact) mass is 367 g/mol. The van der Waals surface area contributed by atoms with Crippen LogP contribution in [0, 0.1) is 0 Å². The Morgan fingerprint density at radius 3 is 2.32 bits per heavy atom. The van der Waals surface area contributed by atoms with Gasteiger partial charge in [0.05, 0.1) is 19.3 Å². The molecule has 5 nitrogen and oxygen atoms in total. The Morgan fingerprint density at radius 1 is 1.23 bits per heavy atom. The van der Waals surface area contributed by atoms with Gasteiger partial charge in [-0.05, 0) is 6.92 Å². The summed E-state index contributed by atoms with van der Waals surface area (Å²) in [5.74, 6) is -0.0798. The van der Waals surface area contributed by atoms with Crippen molar-refractivity contribution in [2.45, 2.75) is 25.2 Å². The molecular formula is C12H22Cl2F3N3O2. The number of morpholine rings is 1. The van der Waals surface area contributed by atoms with Gasteiger partial charge in [0.2, 0.25) is 5.91 Å². The number of hydrogen-bond donors (Lipinski definition) is 1. The van der Waals surface area contributed by atoms with E-state index in [0.717, 1.165) is 0 Å². The molecule has 0 aromatic rings. The summed E-state index contributed by atoms with van der Waals surface area (Å²) in [4.78, 5) is 15.3. The highest BCUT2D eigenvalue weighted by Gasteiger charge is 2.36. The average molecular weight is 368 g/mol. The topological polar surface area (TPSA) is 44.8 Å². The zero-order valence-electron chi connectivity index (χ0n) is 12.3. The fraction of sp³-hybridized carbons (Fsp3) is 0.917. The van der Waals surface area contributed by atoms with Crippen molar-refractivity contribution >= 4 is 30.7 Å². The quantitative estimate of drug-likeness (QED) is 0.787. The summed E-state index contributed by atoms with van der Waals surface area (Å²) in [6.07, 6.45) is -4.39. The summed E-state index contributed by atoms with van der Waals surface area (Å²) >= 11 is 0. The lowest BCUT2D eigenvalue weighted by Gasteiger charge is -2.38. The molecule has 1 amide bonds. The lowest BCUT2D eigenvalue weighted by atomic mass is 10.1. The Hall–Kier alpha value is -0.280. The molecule has 2 rings (SSSR count). The van der Waals surface area contributed by atoms with Gasteiger partial charge in [-0.2, -0.15) is 13.2 Å². The van der Waals surface area contributed by atoms with E-state index in [4.69, 9.17) is 4.74 Å². The number of halogens is 5. The number of nitrogens with zero attached hydrogens (tertiary/aromatic N) is 2. The minimum atomic E-state index is -4.18. The van der Waals surface area contributed by atoms with Crippen LogP contribution >= 0.6 is 24.8 Å². The highest BCUT2D eigenvalue weighted by molar-refractivity contribution is 5.85. The smallest absolute Gasteiger partial charge is 0.375 e. The molecule has 2 heterocycles. The number of hydrogen-bond acceptors (Lipinski definition) is 4. The molecule has 2 fully saturated rings. The van der Waals surface area contributed by atoms with Crippen molar-refractivity contribution in [2.75, 3.05) is 45.9 Å². The number of nitrogens with one attached hydrogen (secondary N) is 1. The molecule has 2 aliphatic heterocycles. The highest BCUT2D eigenvalue weighted by Crippen LogP contribution is 2.18. The van der Waals surface area contributed by atoms with Crippen LogP contribution in [0.15, 0.2) is 0 Å². The number of ether oxygens (including phenoxy) is 1. The van der Waals surface area contributed by atoms with E-state index in [1.807, 2.05) is 6.92 Å². The Kier molecular flexibility index (Phi) is 9.01. The average Bonchev–Trinajstić information content (AvgIpc) is 2.37. The van der Waals surface area contributed by atoms with Gasteiger partial charge in [-0.25, -0.2) is 0 Å². The zero-order valence-corrected chi connectivity index (χ0v) is 13.9. The predicted octanol–water partition coefficient (Wildman–Crippen LogP) is 0.913. The van der Waals surface area contributed by atoms with E-state index in [9.17, 15) is 18.0 Å². The van der Waals surface area contributed by atoms with Crippen LogP contribution in [-0.4, -0.2) is 79.9 Å². The first-order valence-corrected chi connectivity index (χ1v) is 6.80. The first-order chi connectivity index (χ1) is 9.37. The van der Waals surface area contributed by atoms with E-state index in [1.54, 1.807) is 4.90 Å². The Morgan fingerprint density at radius 2 is 1.82 bits per heavy atom. The van der Waals surface area contributed by atoms with Crippen LogP contribution in [0.5, 0.6) is 0 Å². The van der Waals surface area contributed by atoms with Gasteiger partial charge < -0.3 is 15.0 Å². The van der Waals surface area contributed by atoms with Crippen molar-refractivity contribution in [3.05, 3.63) is 0 Å². The van der Waals surface area contributed by atoms with Gasteiger partial charge in [0, 0.05) is 32.7 Å². The number of carbonyl (C=O) groups excluding carboxylic acids is 1. The fourth-order valence-corrected chi connectivity index (χ4v) is 2.59. The molecule has 2 saturated heterocycles. The minimum Gasteiger partial charge on any atom is -0.375 e. The van der Waals surface area contributed by atoms with Gasteiger partial charge in [-0.3, -0.25) is 9.69 Å². The number of rotatable bonds is 2. The molecule has 1 N–H and O–H groups in total. The molecule has 0 spiro atoms. The summed E-state index contributed by atoms with van der Waals surface area (Å²) in [5.41, 5.74) is 0. The third-order valence-electron chi connectivity index (χ3n) is 3.67. The standard InChI is InChI=1S/C12H20F3N3O2.2ClH/c1-9-10(16-2-7-20-9)11(19)18-5-3-17(4-6-18)8-12(13,14)15;;/h9-10,16H,2-8H2,1H3;2*1H/t9-,10+;;/m1../s1. The van der Waals surface area contributed by atoms with Gasteiger partial charge in [0.15, 0.2) is 0 Å². The van der Waals surface area contributed by atoms with Gasteiger partial charge in [0.1, 0.15) is 6.04 Å². The van der Waals surface area contributed by atoms with Crippen molar-refractivity contribution in [3.8, 4) is 0 Å². The molecule has 10 heteroatoms. The van der Waals surface area contributed by atoms with E-state index < -0.39 is 18.8 Å². The van der Waals surface area contributed by atoms with Gasteiger partial charge in [0.25, 0.3) is 0 Å². The van der Waals surface area contributed by atoms with E-state index in [-0.39, 0.29) is 49.9 Å². The van der Waals surface area contributed by atoms with E-state index in [1.165, 1.54) is 4.90 Å². The molecular weight excluding hydrogens is 346 g/mol. The molecule has 0 bridgehead atoms. The van der Waals surface area contributed by atoms with E-state index in [0.29, 0.717) is 26.2 Å². The van der Waals surface area contributed by atoms with Crippen molar-refractivity contribution in [1.29, 1.82) is 0 Å². The van der Waals surface area contributed by atoms with Crippen LogP contribution in [0.1, 0.15) is 6.92 Å². The van der Waals surface area contributed by atoms with Crippen molar-refractivity contribution in [3.63, 3.8) is 0 Å². The van der Waals surface area contributed by atoms with Crippen LogP contribution in [0.3, 0.4) is 0 Å². The molecule has 0 aliphatic carbocycles. The molecule has 0 unspecified atom stereocenters. The van der Waals surface area contributed by atoms with Crippen molar-refractivity contribution in [1.82, 2.24) is 15.1 Å². The third-order valence-corrected chi connectivity index (χ3v) is 3.67. The first-order valence-electron chi connectivity index (χ1n) is 6.80. The Balaban J connectivity index is 0.00000220. The number of piperazine rings is 1. The summed E-state index contributed by atoms with van der Waals surface area (Å²) in [7, 11) is 0. The Bertz CT molecular complexity index is 353. The SMILES string of the molecule is C[C@H]1OCCN[C@@H]1C(=O)N1CCN(CC(F)(F)F)CC1.Cl.Cl. The van der Waals surface area contributed by atoms with Crippen LogP contribution in [-0.2, 0) is 9.53 Å². The second-order valence-corrected chi connectivity index (χ2v) is 5.22. The molecule has 0 aromatic carbocycles. The number of amides is 1. The summed E-state index contributed by atoms with van der Waals surface area (Å²) in [5, 5.41) is 3.11. The maximum Gasteiger partial charge on any atom is 0.401 e. The van der Waals surface area contributed by atoms with Crippen LogP contribution in [0.4, 0.5) is 13.2 Å². The molecule has 2 aliphatic rings. The van der Waals surface area contributed by atoms with Crippen LogP contribution in [0.2, 0.25) is 0 Å². The fourth-order valence-electron chi connectivity index (χ4n) is 2.59. The summed E-state index contributed by atoms with van der Waals surface area (Å²) in [6, 6.07) is -0.391. The molecule has 0 saturated carbocycles. The predicted molar refractivity (Wildman–Crippen MR) is 80.8 cm³/mol. The summed E-state index contributed by atoms with van der Waals surface area (Å²) < 4.78 is 42.3. The molecule has 132 valence electrons. The van der Waals surface area contributed by atoms with Gasteiger partial charge >= 0.3 is 6.18 Å². The van der Waals surface area contributed by atoms with Crippen LogP contribution in [0.25, 0.3) is 0 Å². The minimum absolute atomic E-state index is 0. The maximum absolute atomic E-state index is 12.3. The molecule has 22 heavy (non-hydrogen) atoms. The third kappa shape index (κ3) is 6.08. The maximum atomic E-state index is 12.3. The van der Waals surface area contributed by atoms with Gasteiger partial charge in [-0.15, -0.1) is 24.8 Å². The molecule has 0 radical (unpaired) electrons. The second kappa shape index (κ2) is 9.12. The Labute approximate surface area is 140 Å². The lowest BCUT2D eigenvalue weighted by Crippen LogP contribution is -2.60. The summed E-state index contributed by atoms with van der Waals surface area (Å²) in [6.45, 7) is 3.30. The van der Waals surface area contributed by atoms with Crippen molar-refractivity contribution < 1.29 is 22.7 Å². The number of alkyl halides is 3. The molecule has 2 atom stereocenters. The zero-order chi connectivity index (χ0) is 14.8.